The smallest absolute Gasteiger partial charge is 0.337 e. The molecule has 0 aliphatic carbocycles. The zero-order valence-electron chi connectivity index (χ0n) is 11.1. The second-order valence-corrected chi connectivity index (χ2v) is 5.68. The van der Waals surface area contributed by atoms with Crippen LogP contribution in [0.4, 0.5) is 5.69 Å². The number of nitrogens with one attached hydrogen (secondary N) is 1. The van der Waals surface area contributed by atoms with Crippen molar-refractivity contribution in [3.8, 4) is 0 Å². The molecule has 2 rings (SSSR count). The third kappa shape index (κ3) is 3.91. The van der Waals surface area contributed by atoms with E-state index in [0.29, 0.717) is 15.6 Å². The van der Waals surface area contributed by atoms with Gasteiger partial charge in [0.25, 0.3) is 0 Å². The average Bonchev–Trinajstić information content (AvgIpc) is 2.44. The van der Waals surface area contributed by atoms with Gasteiger partial charge < -0.3 is 10.4 Å². The van der Waals surface area contributed by atoms with E-state index in [2.05, 4.69) is 5.32 Å². The molecule has 0 aliphatic rings. The zero-order chi connectivity index (χ0) is 16.3. The van der Waals surface area contributed by atoms with Crippen LogP contribution in [0.2, 0.25) is 15.1 Å². The van der Waals surface area contributed by atoms with Crippen LogP contribution in [0.25, 0.3) is 0 Å². The highest BCUT2D eigenvalue weighted by Crippen LogP contribution is 2.27. The summed E-state index contributed by atoms with van der Waals surface area (Å²) in [4.78, 5) is 23.3. The van der Waals surface area contributed by atoms with E-state index in [4.69, 9.17) is 39.9 Å². The van der Waals surface area contributed by atoms with Crippen molar-refractivity contribution < 1.29 is 14.7 Å². The molecular formula is C15H10Cl3NO3. The Labute approximate surface area is 141 Å². The lowest BCUT2D eigenvalue weighted by Crippen LogP contribution is -2.17. The van der Waals surface area contributed by atoms with Crippen LogP contribution in [0.3, 0.4) is 0 Å². The van der Waals surface area contributed by atoms with Crippen molar-refractivity contribution in [2.45, 2.75) is 6.42 Å². The van der Waals surface area contributed by atoms with Gasteiger partial charge in [-0.25, -0.2) is 4.79 Å². The first-order chi connectivity index (χ1) is 10.4. The third-order valence-corrected chi connectivity index (χ3v) is 3.78. The maximum absolute atomic E-state index is 12.1. The van der Waals surface area contributed by atoms with E-state index in [1.165, 1.54) is 24.3 Å². The van der Waals surface area contributed by atoms with Crippen molar-refractivity contribution in [3.63, 3.8) is 0 Å². The van der Waals surface area contributed by atoms with E-state index >= 15 is 0 Å². The second-order valence-electron chi connectivity index (χ2n) is 4.43. The molecule has 0 bridgehead atoms. The van der Waals surface area contributed by atoms with Gasteiger partial charge in [-0.1, -0.05) is 46.9 Å². The van der Waals surface area contributed by atoms with E-state index in [-0.39, 0.29) is 22.7 Å². The van der Waals surface area contributed by atoms with Crippen LogP contribution in [-0.2, 0) is 11.2 Å². The molecule has 0 unspecified atom stereocenters. The fourth-order valence-electron chi connectivity index (χ4n) is 1.85. The Bertz CT molecular complexity index is 747. The van der Waals surface area contributed by atoms with Crippen LogP contribution in [0, 0.1) is 0 Å². The molecule has 0 atom stereocenters. The Morgan fingerprint density at radius 1 is 1.05 bits per heavy atom. The lowest BCUT2D eigenvalue weighted by atomic mass is 10.1. The first kappa shape index (κ1) is 16.6. The number of hydrogen-bond donors (Lipinski definition) is 2. The molecular weight excluding hydrogens is 349 g/mol. The lowest BCUT2D eigenvalue weighted by molar-refractivity contribution is -0.115. The van der Waals surface area contributed by atoms with E-state index in [1.54, 1.807) is 12.1 Å². The minimum Gasteiger partial charge on any atom is -0.478 e. The number of benzene rings is 2. The maximum atomic E-state index is 12.1. The number of carboxylic acid groups (broad SMARTS) is 1. The Hall–Kier alpha value is -1.75. The summed E-state index contributed by atoms with van der Waals surface area (Å²) in [5.41, 5.74) is 0.558. The van der Waals surface area contributed by atoms with E-state index < -0.39 is 11.9 Å². The molecule has 22 heavy (non-hydrogen) atoms. The molecule has 2 aromatic carbocycles. The highest BCUT2D eigenvalue weighted by Gasteiger charge is 2.16. The zero-order valence-corrected chi connectivity index (χ0v) is 13.3. The average molecular weight is 359 g/mol. The summed E-state index contributed by atoms with van der Waals surface area (Å²) in [5, 5.41) is 12.6. The molecule has 0 saturated carbocycles. The summed E-state index contributed by atoms with van der Waals surface area (Å²) in [6.07, 6.45) is -0.0275. The number of rotatable bonds is 4. The van der Waals surface area contributed by atoms with Crippen molar-refractivity contribution >= 4 is 52.4 Å². The summed E-state index contributed by atoms with van der Waals surface area (Å²) in [6.45, 7) is 0. The molecule has 0 aliphatic heterocycles. The van der Waals surface area contributed by atoms with Gasteiger partial charge in [0.1, 0.15) is 0 Å². The topological polar surface area (TPSA) is 66.4 Å². The number of carbonyl (C=O) groups is 2. The van der Waals surface area contributed by atoms with Crippen molar-refractivity contribution in [2.24, 2.45) is 0 Å². The molecule has 2 N–H and O–H groups in total. The standard InChI is InChI=1S/C15H10Cl3NO3/c16-9-5-4-8(12(18)7-9)6-13(20)19-14-10(15(21)22)2-1-3-11(14)17/h1-5,7H,6H2,(H,19,20)(H,21,22). The number of anilines is 1. The summed E-state index contributed by atoms with van der Waals surface area (Å²) in [7, 11) is 0. The van der Waals surface area contributed by atoms with E-state index in [1.807, 2.05) is 0 Å². The molecule has 0 spiro atoms. The minimum absolute atomic E-state index is 0.0275. The monoisotopic (exact) mass is 357 g/mol. The molecule has 0 aromatic heterocycles. The number of aromatic carboxylic acids is 1. The Kier molecular flexibility index (Phi) is 5.29. The van der Waals surface area contributed by atoms with Gasteiger partial charge in [0, 0.05) is 10.0 Å². The molecule has 2 aromatic rings. The van der Waals surface area contributed by atoms with Crippen molar-refractivity contribution in [3.05, 3.63) is 62.6 Å². The van der Waals surface area contributed by atoms with Crippen LogP contribution >= 0.6 is 34.8 Å². The van der Waals surface area contributed by atoms with Gasteiger partial charge in [0.2, 0.25) is 5.91 Å². The Morgan fingerprint density at radius 2 is 1.77 bits per heavy atom. The first-order valence-electron chi connectivity index (χ1n) is 6.14. The number of carboxylic acids is 1. The van der Waals surface area contributed by atoms with Crippen molar-refractivity contribution in [2.75, 3.05) is 5.32 Å². The summed E-state index contributed by atoms with van der Waals surface area (Å²) < 4.78 is 0. The second kappa shape index (κ2) is 7.01. The molecule has 0 saturated heterocycles. The van der Waals surface area contributed by atoms with Crippen molar-refractivity contribution in [1.29, 1.82) is 0 Å². The van der Waals surface area contributed by atoms with Crippen LogP contribution < -0.4 is 5.32 Å². The van der Waals surface area contributed by atoms with Gasteiger partial charge >= 0.3 is 5.97 Å². The van der Waals surface area contributed by atoms with Gasteiger partial charge in [-0.3, -0.25) is 4.79 Å². The molecule has 0 fully saturated rings. The van der Waals surface area contributed by atoms with Gasteiger partial charge in [0.05, 0.1) is 22.7 Å². The van der Waals surface area contributed by atoms with Gasteiger partial charge in [-0.05, 0) is 29.8 Å². The van der Waals surface area contributed by atoms with E-state index in [0.717, 1.165) is 0 Å². The highest BCUT2D eigenvalue weighted by molar-refractivity contribution is 6.35. The van der Waals surface area contributed by atoms with Crippen LogP contribution in [-0.4, -0.2) is 17.0 Å². The van der Waals surface area contributed by atoms with Crippen LogP contribution in [0.5, 0.6) is 0 Å². The predicted molar refractivity (Wildman–Crippen MR) is 87.2 cm³/mol. The molecule has 4 nitrogen and oxygen atoms in total. The number of halogens is 3. The highest BCUT2D eigenvalue weighted by atomic mass is 35.5. The van der Waals surface area contributed by atoms with Gasteiger partial charge in [0.15, 0.2) is 0 Å². The normalized spacial score (nSPS) is 10.3. The van der Waals surface area contributed by atoms with Crippen LogP contribution in [0.15, 0.2) is 36.4 Å². The fourth-order valence-corrected chi connectivity index (χ4v) is 2.55. The molecule has 7 heteroatoms. The minimum atomic E-state index is -1.18. The number of amides is 1. The SMILES string of the molecule is O=C(Cc1ccc(Cl)cc1Cl)Nc1c(Cl)cccc1C(=O)O. The lowest BCUT2D eigenvalue weighted by Gasteiger charge is -2.11. The summed E-state index contributed by atoms with van der Waals surface area (Å²) in [6, 6.07) is 9.14. The number of hydrogen-bond acceptors (Lipinski definition) is 2. The first-order valence-corrected chi connectivity index (χ1v) is 7.27. The van der Waals surface area contributed by atoms with Gasteiger partial charge in [-0.15, -0.1) is 0 Å². The number of para-hydroxylation sites is 1. The summed E-state index contributed by atoms with van der Waals surface area (Å²) in [5.74, 6) is -1.61. The van der Waals surface area contributed by atoms with E-state index in [9.17, 15) is 9.59 Å². The number of carbonyl (C=O) groups excluding carboxylic acids is 1. The molecule has 114 valence electrons. The van der Waals surface area contributed by atoms with Crippen LogP contribution in [0.1, 0.15) is 15.9 Å². The third-order valence-electron chi connectivity index (χ3n) is 2.87. The Balaban J connectivity index is 2.21. The largest absolute Gasteiger partial charge is 0.478 e. The van der Waals surface area contributed by atoms with Crippen molar-refractivity contribution in [1.82, 2.24) is 0 Å². The fraction of sp³-hybridized carbons (Fsp3) is 0.0667. The molecule has 0 radical (unpaired) electrons. The molecule has 0 heterocycles. The quantitative estimate of drug-likeness (QED) is 0.844. The van der Waals surface area contributed by atoms with Gasteiger partial charge in [-0.2, -0.15) is 0 Å². The predicted octanol–water partition coefficient (Wildman–Crippen LogP) is 4.53. The molecule has 1 amide bonds. The Morgan fingerprint density at radius 3 is 2.41 bits per heavy atom. The summed E-state index contributed by atoms with van der Waals surface area (Å²) >= 11 is 17.7. The maximum Gasteiger partial charge on any atom is 0.337 e.